The SMILES string of the molecule is COCC1(C(=O)O)CCCN1c1nc2cc(C)ccc2o1. The van der Waals surface area contributed by atoms with Crippen LogP contribution in [0.3, 0.4) is 0 Å². The van der Waals surface area contributed by atoms with Gasteiger partial charge in [0.25, 0.3) is 6.01 Å². The predicted molar refractivity (Wildman–Crippen MR) is 77.6 cm³/mol. The molecule has 1 aromatic heterocycles. The maximum atomic E-state index is 11.8. The molecule has 0 bridgehead atoms. The number of aryl methyl sites for hydroxylation is 1. The van der Waals surface area contributed by atoms with E-state index in [1.165, 1.54) is 7.11 Å². The maximum Gasteiger partial charge on any atom is 0.332 e. The number of carboxylic acids is 1. The zero-order valence-electron chi connectivity index (χ0n) is 12.1. The van der Waals surface area contributed by atoms with Gasteiger partial charge in [-0.2, -0.15) is 4.98 Å². The van der Waals surface area contributed by atoms with Gasteiger partial charge in [-0.15, -0.1) is 0 Å². The average Bonchev–Trinajstić information content (AvgIpc) is 3.02. The molecular formula is C15H18N2O4. The van der Waals surface area contributed by atoms with E-state index in [0.717, 1.165) is 17.5 Å². The second-order valence-corrected chi connectivity index (χ2v) is 5.49. The normalized spacial score (nSPS) is 22.1. The van der Waals surface area contributed by atoms with E-state index in [1.54, 1.807) is 4.90 Å². The summed E-state index contributed by atoms with van der Waals surface area (Å²) in [5.41, 5.74) is 1.41. The molecule has 6 heteroatoms. The van der Waals surface area contributed by atoms with E-state index in [-0.39, 0.29) is 6.61 Å². The quantitative estimate of drug-likeness (QED) is 0.930. The second-order valence-electron chi connectivity index (χ2n) is 5.49. The molecule has 1 aliphatic heterocycles. The van der Waals surface area contributed by atoms with Crippen molar-refractivity contribution in [1.82, 2.24) is 4.98 Å². The highest BCUT2D eigenvalue weighted by atomic mass is 16.5. The lowest BCUT2D eigenvalue weighted by Crippen LogP contribution is -2.54. The van der Waals surface area contributed by atoms with Gasteiger partial charge in [-0.3, -0.25) is 0 Å². The molecule has 1 atom stereocenters. The third kappa shape index (κ3) is 2.15. The van der Waals surface area contributed by atoms with Crippen LogP contribution in [0, 0.1) is 6.92 Å². The fourth-order valence-corrected chi connectivity index (χ4v) is 2.97. The molecule has 0 amide bonds. The first kappa shape index (κ1) is 13.9. The van der Waals surface area contributed by atoms with Crippen molar-refractivity contribution in [2.75, 3.05) is 25.2 Å². The molecule has 0 saturated carbocycles. The Hall–Kier alpha value is -2.08. The monoisotopic (exact) mass is 290 g/mol. The van der Waals surface area contributed by atoms with Gasteiger partial charge in [0.1, 0.15) is 5.52 Å². The van der Waals surface area contributed by atoms with E-state index in [0.29, 0.717) is 24.6 Å². The number of carboxylic acid groups (broad SMARTS) is 1. The highest BCUT2D eigenvalue weighted by Gasteiger charge is 2.50. The van der Waals surface area contributed by atoms with Crippen LogP contribution in [0.2, 0.25) is 0 Å². The molecular weight excluding hydrogens is 272 g/mol. The van der Waals surface area contributed by atoms with Crippen LogP contribution >= 0.6 is 0 Å². The second kappa shape index (κ2) is 5.04. The topological polar surface area (TPSA) is 75.8 Å². The molecule has 0 spiro atoms. The van der Waals surface area contributed by atoms with Crippen LogP contribution in [-0.2, 0) is 9.53 Å². The van der Waals surface area contributed by atoms with E-state index in [4.69, 9.17) is 9.15 Å². The number of hydrogen-bond acceptors (Lipinski definition) is 5. The molecule has 2 heterocycles. The summed E-state index contributed by atoms with van der Waals surface area (Å²) in [4.78, 5) is 17.9. The zero-order chi connectivity index (χ0) is 15.0. The molecule has 1 saturated heterocycles. The van der Waals surface area contributed by atoms with Crippen LogP contribution in [0.25, 0.3) is 11.1 Å². The van der Waals surface area contributed by atoms with E-state index >= 15 is 0 Å². The number of carbonyl (C=O) groups is 1. The summed E-state index contributed by atoms with van der Waals surface area (Å²) in [5, 5.41) is 9.65. The van der Waals surface area contributed by atoms with E-state index < -0.39 is 11.5 Å². The molecule has 0 radical (unpaired) electrons. The first-order chi connectivity index (χ1) is 10.1. The number of methoxy groups -OCH3 is 1. The molecule has 2 aromatic rings. The highest BCUT2D eigenvalue weighted by molar-refractivity contribution is 5.85. The van der Waals surface area contributed by atoms with Gasteiger partial charge in [0.15, 0.2) is 11.1 Å². The number of benzene rings is 1. The smallest absolute Gasteiger partial charge is 0.332 e. The standard InChI is InChI=1S/C15H18N2O4/c1-10-4-5-12-11(8-10)16-14(21-12)17-7-3-6-15(17,9-20-2)13(18)19/h4-5,8H,3,6-7,9H2,1-2H3,(H,18,19). The first-order valence-electron chi connectivity index (χ1n) is 6.94. The van der Waals surface area contributed by atoms with Crippen LogP contribution in [0.4, 0.5) is 6.01 Å². The lowest BCUT2D eigenvalue weighted by Gasteiger charge is -2.32. The molecule has 0 aliphatic carbocycles. The first-order valence-corrected chi connectivity index (χ1v) is 6.94. The molecule has 1 aromatic carbocycles. The fraction of sp³-hybridized carbons (Fsp3) is 0.467. The van der Waals surface area contributed by atoms with E-state index in [1.807, 2.05) is 25.1 Å². The van der Waals surface area contributed by atoms with Crippen molar-refractivity contribution >= 4 is 23.1 Å². The third-order valence-corrected chi connectivity index (χ3v) is 4.03. The number of fused-ring (bicyclic) bond motifs is 1. The van der Waals surface area contributed by atoms with Gasteiger partial charge in [-0.1, -0.05) is 6.07 Å². The number of rotatable bonds is 4. The Balaban J connectivity index is 2.05. The van der Waals surface area contributed by atoms with Gasteiger partial charge < -0.3 is 19.2 Å². The summed E-state index contributed by atoms with van der Waals surface area (Å²) >= 11 is 0. The molecule has 1 unspecified atom stereocenters. The summed E-state index contributed by atoms with van der Waals surface area (Å²) in [6.07, 6.45) is 1.29. The van der Waals surface area contributed by atoms with Gasteiger partial charge in [0.05, 0.1) is 6.61 Å². The number of nitrogens with zero attached hydrogens (tertiary/aromatic N) is 2. The summed E-state index contributed by atoms with van der Waals surface area (Å²) in [6.45, 7) is 2.69. The van der Waals surface area contributed by atoms with Crippen molar-refractivity contribution in [2.45, 2.75) is 25.3 Å². The average molecular weight is 290 g/mol. The molecule has 112 valence electrons. The van der Waals surface area contributed by atoms with Crippen molar-refractivity contribution in [3.63, 3.8) is 0 Å². The Morgan fingerprint density at radius 3 is 3.10 bits per heavy atom. The van der Waals surface area contributed by atoms with Crippen molar-refractivity contribution in [3.8, 4) is 0 Å². The minimum Gasteiger partial charge on any atom is -0.479 e. The van der Waals surface area contributed by atoms with Crippen molar-refractivity contribution in [1.29, 1.82) is 0 Å². The molecule has 1 fully saturated rings. The summed E-state index contributed by atoms with van der Waals surface area (Å²) < 4.78 is 10.9. The predicted octanol–water partition coefficient (Wildman–Crippen LogP) is 2.21. The van der Waals surface area contributed by atoms with E-state index in [2.05, 4.69) is 4.98 Å². The van der Waals surface area contributed by atoms with E-state index in [9.17, 15) is 9.90 Å². The number of ether oxygens (including phenoxy) is 1. The third-order valence-electron chi connectivity index (χ3n) is 4.03. The number of anilines is 1. The lowest BCUT2D eigenvalue weighted by atomic mass is 9.98. The number of aliphatic carboxylic acids is 1. The Labute approximate surface area is 122 Å². The summed E-state index contributed by atoms with van der Waals surface area (Å²) in [5.74, 6) is -0.903. The molecule has 3 rings (SSSR count). The molecule has 6 nitrogen and oxygen atoms in total. The van der Waals surface area contributed by atoms with Gasteiger partial charge in [-0.05, 0) is 37.5 Å². The minimum absolute atomic E-state index is 0.111. The van der Waals surface area contributed by atoms with Crippen LogP contribution < -0.4 is 4.90 Å². The summed E-state index contributed by atoms with van der Waals surface area (Å²) in [6, 6.07) is 6.08. The van der Waals surface area contributed by atoms with Gasteiger partial charge in [0.2, 0.25) is 0 Å². The number of oxazole rings is 1. The van der Waals surface area contributed by atoms with Crippen molar-refractivity contribution < 1.29 is 19.1 Å². The number of hydrogen-bond donors (Lipinski definition) is 1. The molecule has 21 heavy (non-hydrogen) atoms. The fourth-order valence-electron chi connectivity index (χ4n) is 2.97. The Kier molecular flexibility index (Phi) is 3.33. The summed E-state index contributed by atoms with van der Waals surface area (Å²) in [7, 11) is 1.51. The Bertz CT molecular complexity index is 681. The molecule has 1 N–H and O–H groups in total. The van der Waals surface area contributed by atoms with Crippen LogP contribution in [0.1, 0.15) is 18.4 Å². The van der Waals surface area contributed by atoms with Gasteiger partial charge >= 0.3 is 5.97 Å². The number of aromatic nitrogens is 1. The van der Waals surface area contributed by atoms with Crippen LogP contribution in [0.5, 0.6) is 0 Å². The van der Waals surface area contributed by atoms with Crippen molar-refractivity contribution in [2.24, 2.45) is 0 Å². The molecule has 1 aliphatic rings. The Morgan fingerprint density at radius 1 is 1.57 bits per heavy atom. The lowest BCUT2D eigenvalue weighted by molar-refractivity contribution is -0.145. The largest absolute Gasteiger partial charge is 0.479 e. The van der Waals surface area contributed by atoms with Crippen LogP contribution in [-0.4, -0.2) is 41.9 Å². The highest BCUT2D eigenvalue weighted by Crippen LogP contribution is 2.36. The van der Waals surface area contributed by atoms with Crippen molar-refractivity contribution in [3.05, 3.63) is 23.8 Å². The van der Waals surface area contributed by atoms with Crippen LogP contribution in [0.15, 0.2) is 22.6 Å². The van der Waals surface area contributed by atoms with Gasteiger partial charge in [-0.25, -0.2) is 4.79 Å². The maximum absolute atomic E-state index is 11.8. The minimum atomic E-state index is -1.09. The zero-order valence-corrected chi connectivity index (χ0v) is 12.1. The van der Waals surface area contributed by atoms with Gasteiger partial charge in [0, 0.05) is 13.7 Å². The Morgan fingerprint density at radius 2 is 2.38 bits per heavy atom.